The summed E-state index contributed by atoms with van der Waals surface area (Å²) in [5, 5.41) is 9.00. The van der Waals surface area contributed by atoms with E-state index in [1.165, 1.54) is 0 Å². The van der Waals surface area contributed by atoms with Crippen LogP contribution in [0.3, 0.4) is 0 Å². The summed E-state index contributed by atoms with van der Waals surface area (Å²) in [6, 6.07) is 1.85. The molecule has 0 aliphatic rings. The van der Waals surface area contributed by atoms with Crippen LogP contribution in [0.2, 0.25) is 0 Å². The number of nitrogens with zero attached hydrogens (tertiary/aromatic N) is 2. The van der Waals surface area contributed by atoms with E-state index in [1.54, 1.807) is 0 Å². The molecule has 0 amide bonds. The fraction of sp³-hybridized carbons (Fsp3) is 0.889. The fourth-order valence-electron chi connectivity index (χ4n) is 1.74. The highest BCUT2D eigenvalue weighted by Gasteiger charge is 2.39. The topological polar surface area (TPSA) is 67.5 Å². The third kappa shape index (κ3) is 5.65. The van der Waals surface area contributed by atoms with Crippen LogP contribution in [0.5, 0.6) is 0 Å². The molecule has 88 valence electrons. The first-order chi connectivity index (χ1) is 6.69. The van der Waals surface area contributed by atoms with Crippen LogP contribution in [0.15, 0.2) is 0 Å². The lowest BCUT2D eigenvalue weighted by molar-refractivity contribution is 0.151. The summed E-state index contributed by atoms with van der Waals surface area (Å²) in [5.41, 5.74) is 0. The van der Waals surface area contributed by atoms with Crippen LogP contribution in [0.4, 0.5) is 0 Å². The quantitative estimate of drug-likeness (QED) is 0.736. The SMILES string of the molecule is CC(C)N(C(C)C)C(C#N)C[P+](O)(O)Cl. The van der Waals surface area contributed by atoms with E-state index in [-0.39, 0.29) is 18.2 Å². The largest absolute Gasteiger partial charge is 0.368 e. The van der Waals surface area contributed by atoms with Crippen molar-refractivity contribution in [3.05, 3.63) is 0 Å². The van der Waals surface area contributed by atoms with E-state index in [4.69, 9.17) is 16.5 Å². The van der Waals surface area contributed by atoms with Gasteiger partial charge in [0.15, 0.2) is 17.4 Å². The Morgan fingerprint density at radius 1 is 1.27 bits per heavy atom. The van der Waals surface area contributed by atoms with Gasteiger partial charge in [-0.2, -0.15) is 5.26 Å². The van der Waals surface area contributed by atoms with E-state index in [0.717, 1.165) is 0 Å². The van der Waals surface area contributed by atoms with Gasteiger partial charge < -0.3 is 0 Å². The molecule has 0 aliphatic heterocycles. The van der Waals surface area contributed by atoms with Crippen molar-refractivity contribution in [2.45, 2.75) is 45.8 Å². The summed E-state index contributed by atoms with van der Waals surface area (Å²) < 4.78 is 0. The minimum Gasteiger partial charge on any atom is -0.280 e. The van der Waals surface area contributed by atoms with Gasteiger partial charge in [-0.3, -0.25) is 4.90 Å². The molecule has 0 saturated carbocycles. The zero-order valence-electron chi connectivity index (χ0n) is 9.55. The molecule has 6 heteroatoms. The standard InChI is InChI=1S/C9H19ClN2O2P/c1-7(2)12(8(3)4)9(5-11)6-15(10,13)14/h7-9,13-14H,6H2,1-4H3/q+1. The van der Waals surface area contributed by atoms with E-state index in [1.807, 2.05) is 32.6 Å². The third-order valence-electron chi connectivity index (χ3n) is 2.11. The number of hydrogen-bond acceptors (Lipinski definition) is 4. The van der Waals surface area contributed by atoms with Gasteiger partial charge in [0, 0.05) is 12.1 Å². The van der Waals surface area contributed by atoms with Gasteiger partial charge in [-0.05, 0) is 27.7 Å². The van der Waals surface area contributed by atoms with Gasteiger partial charge in [0.05, 0.1) is 6.07 Å². The maximum atomic E-state index is 9.19. The van der Waals surface area contributed by atoms with Crippen molar-refractivity contribution in [1.29, 1.82) is 5.26 Å². The molecular weight excluding hydrogens is 235 g/mol. The Kier molecular flexibility index (Phi) is 6.02. The molecule has 0 rings (SSSR count). The van der Waals surface area contributed by atoms with Gasteiger partial charge >= 0.3 is 7.07 Å². The Hall–Kier alpha value is 0.0900. The van der Waals surface area contributed by atoms with Gasteiger partial charge in [0.2, 0.25) is 0 Å². The lowest BCUT2D eigenvalue weighted by Gasteiger charge is -2.33. The summed E-state index contributed by atoms with van der Waals surface area (Å²) in [4.78, 5) is 20.3. The van der Waals surface area contributed by atoms with Crippen LogP contribution < -0.4 is 0 Å². The fourth-order valence-corrected chi connectivity index (χ4v) is 2.84. The van der Waals surface area contributed by atoms with Gasteiger partial charge in [-0.15, -0.1) is 0 Å². The monoisotopic (exact) mass is 253 g/mol. The lowest BCUT2D eigenvalue weighted by Crippen LogP contribution is -2.46. The molecule has 0 heterocycles. The van der Waals surface area contributed by atoms with E-state index in [9.17, 15) is 9.79 Å². The smallest absolute Gasteiger partial charge is 0.280 e. The van der Waals surface area contributed by atoms with Gasteiger partial charge in [-0.1, -0.05) is 0 Å². The summed E-state index contributed by atoms with van der Waals surface area (Å²) >= 11 is 5.40. The first-order valence-corrected chi connectivity index (χ1v) is 7.67. The highest BCUT2D eigenvalue weighted by atomic mass is 35.7. The predicted molar refractivity (Wildman–Crippen MR) is 63.6 cm³/mol. The van der Waals surface area contributed by atoms with Crippen molar-refractivity contribution in [2.75, 3.05) is 6.16 Å². The molecule has 0 bridgehead atoms. The maximum absolute atomic E-state index is 9.19. The predicted octanol–water partition coefficient (Wildman–Crippen LogP) is 1.98. The molecule has 0 spiro atoms. The van der Waals surface area contributed by atoms with Gasteiger partial charge in [0.1, 0.15) is 6.04 Å². The van der Waals surface area contributed by atoms with Crippen LogP contribution in [0.25, 0.3) is 0 Å². The van der Waals surface area contributed by atoms with Crippen molar-refractivity contribution >= 4 is 18.3 Å². The molecule has 1 atom stereocenters. The molecule has 0 radical (unpaired) electrons. The zero-order chi connectivity index (χ0) is 12.2. The number of rotatable bonds is 5. The van der Waals surface area contributed by atoms with E-state index < -0.39 is 13.1 Å². The molecule has 2 N–H and O–H groups in total. The number of nitriles is 1. The zero-order valence-corrected chi connectivity index (χ0v) is 11.2. The van der Waals surface area contributed by atoms with Crippen LogP contribution in [-0.2, 0) is 0 Å². The molecule has 0 aliphatic carbocycles. The third-order valence-corrected chi connectivity index (χ3v) is 3.33. The second kappa shape index (κ2) is 5.98. The summed E-state index contributed by atoms with van der Waals surface area (Å²) in [5.74, 6) is 0. The van der Waals surface area contributed by atoms with Gasteiger partial charge in [0.25, 0.3) is 0 Å². The molecular formula is C9H19ClN2O2P+. The molecule has 15 heavy (non-hydrogen) atoms. The lowest BCUT2D eigenvalue weighted by atomic mass is 10.1. The molecule has 0 aromatic heterocycles. The second-order valence-electron chi connectivity index (χ2n) is 4.11. The molecule has 0 aromatic rings. The number of halogens is 1. The molecule has 0 aromatic carbocycles. The van der Waals surface area contributed by atoms with Crippen molar-refractivity contribution in [3.63, 3.8) is 0 Å². The van der Waals surface area contributed by atoms with E-state index in [2.05, 4.69) is 6.07 Å². The first kappa shape index (κ1) is 15.1. The second-order valence-corrected chi connectivity index (χ2v) is 7.38. The molecule has 0 fully saturated rings. The summed E-state index contributed by atoms with van der Waals surface area (Å²) in [7, 11) is -3.41. The normalized spacial score (nSPS) is 14.7. The van der Waals surface area contributed by atoms with Crippen molar-refractivity contribution in [1.82, 2.24) is 4.90 Å². The van der Waals surface area contributed by atoms with Crippen LogP contribution in [-0.4, -0.2) is 39.0 Å². The maximum Gasteiger partial charge on any atom is 0.368 e. The Labute approximate surface area is 96.8 Å². The minimum atomic E-state index is -3.41. The van der Waals surface area contributed by atoms with Crippen LogP contribution in [0, 0.1) is 11.3 Å². The molecule has 0 saturated heterocycles. The summed E-state index contributed by atoms with van der Waals surface area (Å²) in [6.07, 6.45) is -0.0819. The Morgan fingerprint density at radius 3 is 1.87 bits per heavy atom. The Bertz CT molecular complexity index is 227. The molecule has 4 nitrogen and oxygen atoms in total. The minimum absolute atomic E-state index is 0.0819. The molecule has 1 unspecified atom stereocenters. The van der Waals surface area contributed by atoms with Crippen molar-refractivity contribution in [3.8, 4) is 6.07 Å². The van der Waals surface area contributed by atoms with E-state index in [0.29, 0.717) is 0 Å². The highest BCUT2D eigenvalue weighted by Crippen LogP contribution is 2.56. The average Bonchev–Trinajstić information content (AvgIpc) is 1.98. The first-order valence-electron chi connectivity index (χ1n) is 4.89. The summed E-state index contributed by atoms with van der Waals surface area (Å²) in [6.45, 7) is 7.86. The van der Waals surface area contributed by atoms with Crippen LogP contribution >= 0.6 is 18.3 Å². The number of hydrogen-bond donors (Lipinski definition) is 2. The van der Waals surface area contributed by atoms with Crippen molar-refractivity contribution in [2.24, 2.45) is 0 Å². The van der Waals surface area contributed by atoms with Crippen LogP contribution in [0.1, 0.15) is 27.7 Å². The average molecular weight is 254 g/mol. The van der Waals surface area contributed by atoms with E-state index >= 15 is 0 Å². The Balaban J connectivity index is 4.70. The van der Waals surface area contributed by atoms with Crippen molar-refractivity contribution < 1.29 is 9.79 Å². The Morgan fingerprint density at radius 2 is 1.67 bits per heavy atom. The highest BCUT2D eigenvalue weighted by molar-refractivity contribution is 7.90. The van der Waals surface area contributed by atoms with Gasteiger partial charge in [-0.25, -0.2) is 9.79 Å².